The minimum absolute atomic E-state index is 0.693. The summed E-state index contributed by atoms with van der Waals surface area (Å²) in [7, 11) is -4.37. The van der Waals surface area contributed by atoms with Gasteiger partial charge in [0.25, 0.3) is 0 Å². The second-order valence-corrected chi connectivity index (χ2v) is 5.40. The summed E-state index contributed by atoms with van der Waals surface area (Å²) >= 11 is 0. The van der Waals surface area contributed by atoms with Gasteiger partial charge in [-0.1, -0.05) is 0 Å². The Balaban J connectivity index is 4.65. The SMILES string of the molecule is COC(=O)C(C)(C)CNS(=O)(=O)C(F)(F)F. The summed E-state index contributed by atoms with van der Waals surface area (Å²) in [6, 6.07) is 0. The first kappa shape index (κ1) is 15.2. The highest BCUT2D eigenvalue weighted by Gasteiger charge is 2.46. The summed E-state index contributed by atoms with van der Waals surface area (Å²) in [6.07, 6.45) is 0. The molecule has 96 valence electrons. The van der Waals surface area contributed by atoms with Crippen molar-refractivity contribution in [2.45, 2.75) is 19.4 Å². The third-order valence-electron chi connectivity index (χ3n) is 1.75. The third-order valence-corrected chi connectivity index (χ3v) is 2.88. The van der Waals surface area contributed by atoms with E-state index in [1.54, 1.807) is 0 Å². The number of alkyl halides is 3. The van der Waals surface area contributed by atoms with Crippen LogP contribution in [0.5, 0.6) is 0 Å². The van der Waals surface area contributed by atoms with Crippen LogP contribution in [0.15, 0.2) is 0 Å². The zero-order valence-corrected chi connectivity index (χ0v) is 9.70. The van der Waals surface area contributed by atoms with Crippen LogP contribution < -0.4 is 4.72 Å². The van der Waals surface area contributed by atoms with Crippen LogP contribution in [-0.2, 0) is 19.6 Å². The van der Waals surface area contributed by atoms with Gasteiger partial charge < -0.3 is 4.74 Å². The molecule has 9 heteroatoms. The first-order valence-electron chi connectivity index (χ1n) is 4.08. The summed E-state index contributed by atoms with van der Waals surface area (Å²) in [6.45, 7) is 1.83. The monoisotopic (exact) mass is 263 g/mol. The number of hydrogen-bond acceptors (Lipinski definition) is 4. The van der Waals surface area contributed by atoms with Crippen LogP contribution in [0, 0.1) is 5.41 Å². The minimum Gasteiger partial charge on any atom is -0.469 e. The molecule has 0 aliphatic heterocycles. The van der Waals surface area contributed by atoms with Crippen molar-refractivity contribution in [1.82, 2.24) is 4.72 Å². The van der Waals surface area contributed by atoms with Gasteiger partial charge in [0.05, 0.1) is 12.5 Å². The molecule has 16 heavy (non-hydrogen) atoms. The van der Waals surface area contributed by atoms with Gasteiger partial charge in [-0.2, -0.15) is 13.2 Å². The van der Waals surface area contributed by atoms with E-state index >= 15 is 0 Å². The summed E-state index contributed by atoms with van der Waals surface area (Å²) < 4.78 is 62.6. The van der Waals surface area contributed by atoms with Crippen molar-refractivity contribution in [2.75, 3.05) is 13.7 Å². The lowest BCUT2D eigenvalue weighted by atomic mass is 9.94. The van der Waals surface area contributed by atoms with Gasteiger partial charge in [0.2, 0.25) is 0 Å². The number of methoxy groups -OCH3 is 1. The maximum atomic E-state index is 11.9. The Hall–Kier alpha value is -0.830. The van der Waals surface area contributed by atoms with Gasteiger partial charge in [-0.25, -0.2) is 13.1 Å². The van der Waals surface area contributed by atoms with Crippen molar-refractivity contribution in [3.8, 4) is 0 Å². The van der Waals surface area contributed by atoms with E-state index in [9.17, 15) is 26.4 Å². The fraction of sp³-hybridized carbons (Fsp3) is 0.857. The Morgan fingerprint density at radius 1 is 1.31 bits per heavy atom. The van der Waals surface area contributed by atoms with E-state index in [1.165, 1.54) is 18.6 Å². The molecule has 0 aliphatic rings. The number of halogens is 3. The highest BCUT2D eigenvalue weighted by Crippen LogP contribution is 2.23. The lowest BCUT2D eigenvalue weighted by Crippen LogP contribution is -2.44. The van der Waals surface area contributed by atoms with Crippen molar-refractivity contribution in [3.63, 3.8) is 0 Å². The number of carbonyl (C=O) groups excluding carboxylic acids is 1. The largest absolute Gasteiger partial charge is 0.511 e. The number of ether oxygens (including phenoxy) is 1. The topological polar surface area (TPSA) is 72.5 Å². The molecule has 0 spiro atoms. The van der Waals surface area contributed by atoms with Crippen LogP contribution >= 0.6 is 0 Å². The normalized spacial score (nSPS) is 13.6. The lowest BCUT2D eigenvalue weighted by molar-refractivity contribution is -0.150. The summed E-state index contributed by atoms with van der Waals surface area (Å²) in [5.41, 5.74) is -6.76. The van der Waals surface area contributed by atoms with E-state index in [2.05, 4.69) is 4.74 Å². The molecule has 0 aromatic carbocycles. The molecule has 0 aromatic rings. The van der Waals surface area contributed by atoms with Gasteiger partial charge in [-0.3, -0.25) is 4.79 Å². The average Bonchev–Trinajstić information content (AvgIpc) is 2.12. The van der Waals surface area contributed by atoms with Gasteiger partial charge in [0.1, 0.15) is 0 Å². The number of rotatable bonds is 4. The molecule has 0 heterocycles. The first-order chi connectivity index (χ1) is 6.94. The first-order valence-corrected chi connectivity index (χ1v) is 5.57. The summed E-state index contributed by atoms with van der Waals surface area (Å²) in [5, 5.41) is 0. The van der Waals surface area contributed by atoms with Crippen LogP contribution in [0.2, 0.25) is 0 Å². The van der Waals surface area contributed by atoms with E-state index < -0.39 is 33.5 Å². The van der Waals surface area contributed by atoms with E-state index in [1.807, 2.05) is 0 Å². The second kappa shape index (κ2) is 4.58. The predicted octanol–water partition coefficient (Wildman–Crippen LogP) is 0.625. The summed E-state index contributed by atoms with van der Waals surface area (Å²) in [4.78, 5) is 11.1. The van der Waals surface area contributed by atoms with Crippen LogP contribution in [0.25, 0.3) is 0 Å². The number of esters is 1. The van der Waals surface area contributed by atoms with Crippen molar-refractivity contribution < 1.29 is 31.1 Å². The quantitative estimate of drug-likeness (QED) is 0.755. The molecule has 0 atom stereocenters. The van der Waals surface area contributed by atoms with E-state index in [-0.39, 0.29) is 0 Å². The van der Waals surface area contributed by atoms with Crippen molar-refractivity contribution >= 4 is 16.0 Å². The Morgan fingerprint density at radius 3 is 2.06 bits per heavy atom. The van der Waals surface area contributed by atoms with Crippen LogP contribution in [0.3, 0.4) is 0 Å². The summed E-state index contributed by atoms with van der Waals surface area (Å²) in [5.74, 6) is -0.808. The Labute approximate surface area is 91.0 Å². The minimum atomic E-state index is -5.43. The van der Waals surface area contributed by atoms with Crippen LogP contribution in [0.1, 0.15) is 13.8 Å². The van der Waals surface area contributed by atoms with Gasteiger partial charge in [-0.05, 0) is 13.8 Å². The molecule has 0 amide bonds. The predicted molar refractivity (Wildman–Crippen MR) is 48.8 cm³/mol. The van der Waals surface area contributed by atoms with Gasteiger partial charge >= 0.3 is 21.5 Å². The van der Waals surface area contributed by atoms with Gasteiger partial charge in [0, 0.05) is 6.54 Å². The fourth-order valence-electron chi connectivity index (χ4n) is 0.706. The Kier molecular flexibility index (Phi) is 4.34. The van der Waals surface area contributed by atoms with Gasteiger partial charge in [0.15, 0.2) is 0 Å². The molecule has 0 bridgehead atoms. The van der Waals surface area contributed by atoms with Crippen LogP contribution in [-0.4, -0.2) is 33.5 Å². The van der Waals surface area contributed by atoms with Gasteiger partial charge in [-0.15, -0.1) is 0 Å². The Bertz CT molecular complexity index is 360. The van der Waals surface area contributed by atoms with E-state index in [0.717, 1.165) is 7.11 Å². The zero-order valence-electron chi connectivity index (χ0n) is 8.88. The molecule has 0 aromatic heterocycles. The van der Waals surface area contributed by atoms with E-state index in [0.29, 0.717) is 0 Å². The van der Waals surface area contributed by atoms with Crippen LogP contribution in [0.4, 0.5) is 13.2 Å². The van der Waals surface area contributed by atoms with Crippen molar-refractivity contribution in [1.29, 1.82) is 0 Å². The maximum absolute atomic E-state index is 11.9. The van der Waals surface area contributed by atoms with E-state index in [4.69, 9.17) is 0 Å². The molecule has 0 unspecified atom stereocenters. The number of hydrogen-bond donors (Lipinski definition) is 1. The number of nitrogens with one attached hydrogen (secondary N) is 1. The highest BCUT2D eigenvalue weighted by atomic mass is 32.2. The standard InChI is InChI=1S/C7H12F3NO4S/c1-6(2,5(12)15-3)4-11-16(13,14)7(8,9)10/h11H,4H2,1-3H3. The molecule has 0 radical (unpaired) electrons. The molecule has 0 rings (SSSR count). The molecule has 0 saturated heterocycles. The Morgan fingerprint density at radius 2 is 1.75 bits per heavy atom. The molecule has 1 N–H and O–H groups in total. The molecular formula is C7H12F3NO4S. The zero-order chi connectivity index (χ0) is 13.2. The molecule has 0 aliphatic carbocycles. The third kappa shape index (κ3) is 3.63. The number of carbonyl (C=O) groups is 1. The fourth-order valence-corrected chi connectivity index (χ4v) is 1.42. The smallest absolute Gasteiger partial charge is 0.469 e. The van der Waals surface area contributed by atoms with Crippen molar-refractivity contribution in [2.24, 2.45) is 5.41 Å². The van der Waals surface area contributed by atoms with Crippen molar-refractivity contribution in [3.05, 3.63) is 0 Å². The number of sulfonamides is 1. The maximum Gasteiger partial charge on any atom is 0.511 e. The molecule has 5 nitrogen and oxygen atoms in total. The molecule has 0 saturated carbocycles. The second-order valence-electron chi connectivity index (χ2n) is 3.65. The average molecular weight is 263 g/mol. The molecule has 0 fully saturated rings. The molecular weight excluding hydrogens is 251 g/mol. The highest BCUT2D eigenvalue weighted by molar-refractivity contribution is 7.90. The lowest BCUT2D eigenvalue weighted by Gasteiger charge is -2.21.